The minimum atomic E-state index is 0.353. The predicted octanol–water partition coefficient (Wildman–Crippen LogP) is 3.20. The molecule has 1 N–H and O–H groups in total. The van der Waals surface area contributed by atoms with Gasteiger partial charge in [-0.25, -0.2) is 4.68 Å². The van der Waals surface area contributed by atoms with Crippen molar-refractivity contribution in [1.82, 2.24) is 20.3 Å². The minimum Gasteiger partial charge on any atom is -0.309 e. The number of halogens is 1. The number of unbranched alkanes of at least 4 members (excludes halogenated alkanes) is 3. The maximum atomic E-state index is 4.05. The third-order valence-electron chi connectivity index (χ3n) is 2.95. The predicted molar refractivity (Wildman–Crippen MR) is 73.9 cm³/mol. The van der Waals surface area contributed by atoms with Crippen molar-refractivity contribution in [3.63, 3.8) is 0 Å². The molecule has 5 heteroatoms. The molecule has 0 saturated carbocycles. The lowest BCUT2D eigenvalue weighted by Gasteiger charge is -2.18. The molecule has 1 aromatic heterocycles. The number of aryl methyl sites for hydroxylation is 1. The van der Waals surface area contributed by atoms with Gasteiger partial charge in [0.1, 0.15) is 0 Å². The van der Waals surface area contributed by atoms with E-state index in [4.69, 9.17) is 0 Å². The largest absolute Gasteiger partial charge is 0.309 e. The number of hydrogen-bond acceptors (Lipinski definition) is 3. The monoisotopic (exact) mass is 302 g/mol. The third-order valence-corrected chi connectivity index (χ3v) is 3.52. The third kappa shape index (κ3) is 4.39. The molecule has 98 valence electrons. The van der Waals surface area contributed by atoms with Crippen molar-refractivity contribution < 1.29 is 0 Å². The molecule has 17 heavy (non-hydrogen) atoms. The summed E-state index contributed by atoms with van der Waals surface area (Å²) >= 11 is 3.48. The fourth-order valence-electron chi connectivity index (χ4n) is 2.07. The Morgan fingerprint density at radius 3 is 2.59 bits per heavy atom. The van der Waals surface area contributed by atoms with Crippen LogP contribution in [-0.4, -0.2) is 21.5 Å². The summed E-state index contributed by atoms with van der Waals surface area (Å²) in [6, 6.07) is 0.353. The fourth-order valence-corrected chi connectivity index (χ4v) is 2.67. The van der Waals surface area contributed by atoms with Gasteiger partial charge in [0.05, 0.1) is 11.7 Å². The molecule has 0 bridgehead atoms. The van der Waals surface area contributed by atoms with Crippen LogP contribution < -0.4 is 5.32 Å². The molecule has 1 aromatic rings. The van der Waals surface area contributed by atoms with Crippen LogP contribution >= 0.6 is 15.9 Å². The van der Waals surface area contributed by atoms with Gasteiger partial charge < -0.3 is 5.32 Å². The first-order chi connectivity index (χ1) is 8.20. The maximum absolute atomic E-state index is 4.05. The zero-order valence-corrected chi connectivity index (χ0v) is 12.6. The van der Waals surface area contributed by atoms with Gasteiger partial charge in [-0.2, -0.15) is 0 Å². The van der Waals surface area contributed by atoms with Gasteiger partial charge in [0, 0.05) is 7.05 Å². The van der Waals surface area contributed by atoms with Crippen LogP contribution in [-0.2, 0) is 7.05 Å². The van der Waals surface area contributed by atoms with Gasteiger partial charge in [0.2, 0.25) is 0 Å². The van der Waals surface area contributed by atoms with Crippen LogP contribution in [0.25, 0.3) is 0 Å². The topological polar surface area (TPSA) is 42.7 Å². The zero-order chi connectivity index (χ0) is 12.7. The van der Waals surface area contributed by atoms with Gasteiger partial charge in [0.25, 0.3) is 0 Å². The molecule has 1 rings (SSSR count). The van der Waals surface area contributed by atoms with E-state index in [1.807, 2.05) is 11.7 Å². The number of aromatic nitrogens is 3. The van der Waals surface area contributed by atoms with E-state index in [-0.39, 0.29) is 0 Å². The summed E-state index contributed by atoms with van der Waals surface area (Å²) in [4.78, 5) is 0. The van der Waals surface area contributed by atoms with Crippen LogP contribution in [0.3, 0.4) is 0 Å². The number of nitrogens with one attached hydrogen (secondary N) is 1. The maximum Gasteiger partial charge on any atom is 0.153 e. The molecule has 0 amide bonds. The van der Waals surface area contributed by atoms with Crippen LogP contribution in [0.5, 0.6) is 0 Å². The van der Waals surface area contributed by atoms with E-state index in [0.717, 1.165) is 23.3 Å². The first kappa shape index (κ1) is 14.6. The van der Waals surface area contributed by atoms with Gasteiger partial charge in [-0.05, 0) is 28.9 Å². The lowest BCUT2D eigenvalue weighted by molar-refractivity contribution is 0.453. The highest BCUT2D eigenvalue weighted by Gasteiger charge is 2.18. The Kier molecular flexibility index (Phi) is 6.73. The molecule has 1 atom stereocenters. The van der Waals surface area contributed by atoms with Crippen molar-refractivity contribution in [2.24, 2.45) is 7.05 Å². The Labute approximate surface area is 112 Å². The SMILES string of the molecule is CCCCCCC(NCC)c1c(Br)nnn1C. The Bertz CT molecular complexity index is 305. The molecule has 0 fully saturated rings. The average molecular weight is 303 g/mol. The van der Waals surface area contributed by atoms with E-state index in [1.165, 1.54) is 25.7 Å². The normalized spacial score (nSPS) is 12.9. The zero-order valence-electron chi connectivity index (χ0n) is 11.0. The van der Waals surface area contributed by atoms with Crippen molar-refractivity contribution in [3.8, 4) is 0 Å². The van der Waals surface area contributed by atoms with Gasteiger partial charge in [-0.3, -0.25) is 0 Å². The fraction of sp³-hybridized carbons (Fsp3) is 0.833. The Hall–Kier alpha value is -0.420. The summed E-state index contributed by atoms with van der Waals surface area (Å²) in [5.41, 5.74) is 1.16. The molecular weight excluding hydrogens is 280 g/mol. The van der Waals surface area contributed by atoms with Crippen molar-refractivity contribution >= 4 is 15.9 Å². The smallest absolute Gasteiger partial charge is 0.153 e. The molecule has 4 nitrogen and oxygen atoms in total. The molecule has 1 unspecified atom stereocenters. The minimum absolute atomic E-state index is 0.353. The highest BCUT2D eigenvalue weighted by molar-refractivity contribution is 9.10. The van der Waals surface area contributed by atoms with E-state index in [9.17, 15) is 0 Å². The molecule has 0 aliphatic heterocycles. The van der Waals surface area contributed by atoms with Crippen molar-refractivity contribution in [3.05, 3.63) is 10.3 Å². The molecule has 0 saturated heterocycles. The second-order valence-electron chi connectivity index (χ2n) is 4.35. The Balaban J connectivity index is 2.59. The van der Waals surface area contributed by atoms with Gasteiger partial charge in [-0.15, -0.1) is 5.10 Å². The van der Waals surface area contributed by atoms with Crippen LogP contribution in [0.2, 0.25) is 0 Å². The van der Waals surface area contributed by atoms with Crippen LogP contribution in [0.1, 0.15) is 57.7 Å². The van der Waals surface area contributed by atoms with Crippen molar-refractivity contribution in [2.75, 3.05) is 6.54 Å². The standard InChI is InChI=1S/C12H23BrN4/c1-4-6-7-8-9-10(14-5-2)11-12(13)15-16-17(11)3/h10,14H,4-9H2,1-3H3. The summed E-state index contributed by atoms with van der Waals surface area (Å²) < 4.78 is 2.72. The van der Waals surface area contributed by atoms with E-state index in [2.05, 4.69) is 45.4 Å². The van der Waals surface area contributed by atoms with Gasteiger partial charge >= 0.3 is 0 Å². The average Bonchev–Trinajstić information content (AvgIpc) is 2.63. The Morgan fingerprint density at radius 2 is 2.06 bits per heavy atom. The lowest BCUT2D eigenvalue weighted by Crippen LogP contribution is -2.23. The molecule has 0 spiro atoms. The van der Waals surface area contributed by atoms with E-state index in [0.29, 0.717) is 6.04 Å². The number of nitrogens with zero attached hydrogens (tertiary/aromatic N) is 3. The number of rotatable bonds is 8. The molecule has 0 aromatic carbocycles. The highest BCUT2D eigenvalue weighted by atomic mass is 79.9. The summed E-state index contributed by atoms with van der Waals surface area (Å²) in [7, 11) is 1.95. The van der Waals surface area contributed by atoms with Crippen LogP contribution in [0, 0.1) is 0 Å². The van der Waals surface area contributed by atoms with Crippen molar-refractivity contribution in [2.45, 2.75) is 52.0 Å². The van der Waals surface area contributed by atoms with Gasteiger partial charge in [0.15, 0.2) is 4.60 Å². The summed E-state index contributed by atoms with van der Waals surface area (Å²) in [6.45, 7) is 5.34. The summed E-state index contributed by atoms with van der Waals surface area (Å²) in [5.74, 6) is 0. The number of hydrogen-bond donors (Lipinski definition) is 1. The van der Waals surface area contributed by atoms with Crippen LogP contribution in [0.4, 0.5) is 0 Å². The Morgan fingerprint density at radius 1 is 1.29 bits per heavy atom. The molecule has 1 heterocycles. The molecule has 0 radical (unpaired) electrons. The molecule has 0 aliphatic rings. The first-order valence-electron chi connectivity index (χ1n) is 6.49. The van der Waals surface area contributed by atoms with Gasteiger partial charge in [-0.1, -0.05) is 44.7 Å². The van der Waals surface area contributed by atoms with E-state index >= 15 is 0 Å². The van der Waals surface area contributed by atoms with Crippen molar-refractivity contribution in [1.29, 1.82) is 0 Å². The summed E-state index contributed by atoms with van der Waals surface area (Å²) in [5, 5.41) is 11.6. The van der Waals surface area contributed by atoms with E-state index < -0.39 is 0 Å². The highest BCUT2D eigenvalue weighted by Crippen LogP contribution is 2.25. The summed E-state index contributed by atoms with van der Waals surface area (Å²) in [6.07, 6.45) is 6.31. The first-order valence-corrected chi connectivity index (χ1v) is 7.28. The quantitative estimate of drug-likeness (QED) is 0.750. The van der Waals surface area contributed by atoms with E-state index in [1.54, 1.807) is 0 Å². The lowest BCUT2D eigenvalue weighted by atomic mass is 10.0. The molecule has 0 aliphatic carbocycles. The molecular formula is C12H23BrN4. The van der Waals surface area contributed by atoms with Crippen LogP contribution in [0.15, 0.2) is 4.60 Å². The second-order valence-corrected chi connectivity index (χ2v) is 5.10. The second kappa shape index (κ2) is 7.82.